The summed E-state index contributed by atoms with van der Waals surface area (Å²) in [6.07, 6.45) is 0. The first-order chi connectivity index (χ1) is 9.54. The third-order valence-electron chi connectivity index (χ3n) is 3.04. The van der Waals surface area contributed by atoms with E-state index in [0.717, 1.165) is 0 Å². The molecule has 0 bridgehead atoms. The molecule has 1 aliphatic heterocycles. The normalized spacial score (nSPS) is 18.4. The number of amides is 2. The summed E-state index contributed by atoms with van der Waals surface area (Å²) in [5.74, 6) is -1.07. The third kappa shape index (κ3) is 2.64. The van der Waals surface area contributed by atoms with Crippen LogP contribution in [0.25, 0.3) is 0 Å². The molecule has 1 aliphatic rings. The van der Waals surface area contributed by atoms with Gasteiger partial charge in [-0.2, -0.15) is 0 Å². The van der Waals surface area contributed by atoms with Crippen molar-refractivity contribution in [3.63, 3.8) is 0 Å². The van der Waals surface area contributed by atoms with Crippen molar-refractivity contribution in [2.75, 3.05) is 6.61 Å². The molecular formula is C14H15FN2O3. The lowest BCUT2D eigenvalue weighted by atomic mass is 9.96. The van der Waals surface area contributed by atoms with E-state index in [0.29, 0.717) is 11.1 Å². The number of rotatable bonds is 3. The first kappa shape index (κ1) is 14.0. The molecule has 0 spiro atoms. The number of nitrogens with one attached hydrogen (secondary N) is 2. The highest BCUT2D eigenvalue weighted by Crippen LogP contribution is 2.28. The number of carbonyl (C=O) groups is 2. The maximum absolute atomic E-state index is 13.8. The Labute approximate surface area is 115 Å². The van der Waals surface area contributed by atoms with Gasteiger partial charge >= 0.3 is 12.0 Å². The summed E-state index contributed by atoms with van der Waals surface area (Å²) in [5, 5.41) is 5.00. The standard InChI is InChI=1S/C14H15FN2O3/c1-3-20-13(18)12-8(2)11(16-14(19)17-12)9-6-4-5-7-10(9)15/h4-7,11H,3H2,1-2H3,(H2,16,17,19). The number of hydrogen-bond acceptors (Lipinski definition) is 3. The summed E-state index contributed by atoms with van der Waals surface area (Å²) < 4.78 is 18.7. The van der Waals surface area contributed by atoms with Crippen molar-refractivity contribution in [1.29, 1.82) is 0 Å². The van der Waals surface area contributed by atoms with Gasteiger partial charge in [0, 0.05) is 5.56 Å². The lowest BCUT2D eigenvalue weighted by Crippen LogP contribution is -2.46. The number of hydrogen-bond donors (Lipinski definition) is 2. The summed E-state index contributed by atoms with van der Waals surface area (Å²) in [6, 6.07) is 4.85. The summed E-state index contributed by atoms with van der Waals surface area (Å²) in [7, 11) is 0. The first-order valence-electron chi connectivity index (χ1n) is 6.24. The molecule has 2 rings (SSSR count). The van der Waals surface area contributed by atoms with Crippen LogP contribution in [0.3, 0.4) is 0 Å². The summed E-state index contributed by atoms with van der Waals surface area (Å²) in [6.45, 7) is 3.52. The molecule has 0 aromatic heterocycles. The predicted octanol–water partition coefficient (Wildman–Crippen LogP) is 2.02. The molecule has 0 fully saturated rings. The Hall–Kier alpha value is -2.37. The second kappa shape index (κ2) is 5.73. The predicted molar refractivity (Wildman–Crippen MR) is 70.1 cm³/mol. The van der Waals surface area contributed by atoms with E-state index in [1.807, 2.05) is 0 Å². The molecule has 1 aromatic carbocycles. The summed E-state index contributed by atoms with van der Waals surface area (Å²) in [4.78, 5) is 23.4. The fourth-order valence-corrected chi connectivity index (χ4v) is 2.07. The Morgan fingerprint density at radius 3 is 2.75 bits per heavy atom. The summed E-state index contributed by atoms with van der Waals surface area (Å²) in [5.41, 5.74) is 0.874. The first-order valence-corrected chi connectivity index (χ1v) is 6.24. The van der Waals surface area contributed by atoms with Crippen LogP contribution in [-0.2, 0) is 9.53 Å². The molecule has 106 valence electrons. The van der Waals surface area contributed by atoms with Crippen LogP contribution in [-0.4, -0.2) is 18.6 Å². The highest BCUT2D eigenvalue weighted by atomic mass is 19.1. The highest BCUT2D eigenvalue weighted by molar-refractivity contribution is 5.96. The van der Waals surface area contributed by atoms with Crippen LogP contribution in [0.2, 0.25) is 0 Å². The Balaban J connectivity index is 2.43. The van der Waals surface area contributed by atoms with E-state index in [4.69, 9.17) is 4.74 Å². The molecule has 1 heterocycles. The van der Waals surface area contributed by atoms with Gasteiger partial charge < -0.3 is 15.4 Å². The average Bonchev–Trinajstić information content (AvgIpc) is 2.42. The molecule has 0 saturated heterocycles. The van der Waals surface area contributed by atoms with E-state index in [9.17, 15) is 14.0 Å². The van der Waals surface area contributed by atoms with Crippen LogP contribution in [0, 0.1) is 5.82 Å². The van der Waals surface area contributed by atoms with Gasteiger partial charge in [-0.3, -0.25) is 0 Å². The minimum Gasteiger partial charge on any atom is -0.461 e. The van der Waals surface area contributed by atoms with Crippen molar-refractivity contribution in [3.8, 4) is 0 Å². The zero-order chi connectivity index (χ0) is 14.7. The number of esters is 1. The molecule has 0 radical (unpaired) electrons. The number of ether oxygens (including phenoxy) is 1. The topological polar surface area (TPSA) is 67.4 Å². The number of halogens is 1. The zero-order valence-corrected chi connectivity index (χ0v) is 11.2. The van der Waals surface area contributed by atoms with E-state index in [1.54, 1.807) is 32.0 Å². The molecule has 1 aromatic rings. The second-order valence-corrected chi connectivity index (χ2v) is 4.33. The quantitative estimate of drug-likeness (QED) is 0.831. The van der Waals surface area contributed by atoms with E-state index >= 15 is 0 Å². The molecule has 6 heteroatoms. The average molecular weight is 278 g/mol. The van der Waals surface area contributed by atoms with Crippen LogP contribution in [0.5, 0.6) is 0 Å². The lowest BCUT2D eigenvalue weighted by Gasteiger charge is -2.27. The van der Waals surface area contributed by atoms with E-state index in [1.165, 1.54) is 6.07 Å². The van der Waals surface area contributed by atoms with Crippen molar-refractivity contribution in [3.05, 3.63) is 46.9 Å². The summed E-state index contributed by atoms with van der Waals surface area (Å²) >= 11 is 0. The van der Waals surface area contributed by atoms with Crippen molar-refractivity contribution in [2.24, 2.45) is 0 Å². The lowest BCUT2D eigenvalue weighted by molar-refractivity contribution is -0.139. The maximum atomic E-state index is 13.8. The fraction of sp³-hybridized carbons (Fsp3) is 0.286. The molecular weight excluding hydrogens is 263 g/mol. The van der Waals surface area contributed by atoms with Crippen LogP contribution in [0.4, 0.5) is 9.18 Å². The van der Waals surface area contributed by atoms with E-state index < -0.39 is 23.9 Å². The van der Waals surface area contributed by atoms with Crippen molar-refractivity contribution >= 4 is 12.0 Å². The van der Waals surface area contributed by atoms with Crippen LogP contribution >= 0.6 is 0 Å². The van der Waals surface area contributed by atoms with Gasteiger partial charge in [0.2, 0.25) is 0 Å². The molecule has 20 heavy (non-hydrogen) atoms. The van der Waals surface area contributed by atoms with E-state index in [-0.39, 0.29) is 12.3 Å². The molecule has 0 aliphatic carbocycles. The largest absolute Gasteiger partial charge is 0.461 e. The van der Waals surface area contributed by atoms with Gasteiger partial charge in [-0.05, 0) is 25.5 Å². The zero-order valence-electron chi connectivity index (χ0n) is 11.2. The van der Waals surface area contributed by atoms with Crippen molar-refractivity contribution in [1.82, 2.24) is 10.6 Å². The Bertz CT molecular complexity index is 584. The van der Waals surface area contributed by atoms with Gasteiger partial charge in [0.25, 0.3) is 0 Å². The van der Waals surface area contributed by atoms with Gasteiger partial charge in [-0.25, -0.2) is 14.0 Å². The second-order valence-electron chi connectivity index (χ2n) is 4.33. The molecule has 5 nitrogen and oxygen atoms in total. The van der Waals surface area contributed by atoms with E-state index in [2.05, 4.69) is 10.6 Å². The maximum Gasteiger partial charge on any atom is 0.354 e. The molecule has 2 amide bonds. The van der Waals surface area contributed by atoms with Crippen LogP contribution in [0.15, 0.2) is 35.5 Å². The van der Waals surface area contributed by atoms with Gasteiger partial charge in [-0.1, -0.05) is 18.2 Å². The highest BCUT2D eigenvalue weighted by Gasteiger charge is 2.30. The third-order valence-corrected chi connectivity index (χ3v) is 3.04. The Kier molecular flexibility index (Phi) is 4.02. The van der Waals surface area contributed by atoms with Gasteiger partial charge in [0.15, 0.2) is 0 Å². The van der Waals surface area contributed by atoms with Gasteiger partial charge in [0.05, 0.1) is 12.6 Å². The number of benzene rings is 1. The molecule has 1 unspecified atom stereocenters. The fourth-order valence-electron chi connectivity index (χ4n) is 2.07. The number of urea groups is 1. The van der Waals surface area contributed by atoms with Crippen molar-refractivity contribution < 1.29 is 18.7 Å². The van der Waals surface area contributed by atoms with Crippen LogP contribution in [0.1, 0.15) is 25.5 Å². The Morgan fingerprint density at radius 1 is 1.40 bits per heavy atom. The molecule has 0 saturated carbocycles. The monoisotopic (exact) mass is 278 g/mol. The minimum absolute atomic E-state index is 0.0591. The minimum atomic E-state index is -0.690. The van der Waals surface area contributed by atoms with Crippen molar-refractivity contribution in [2.45, 2.75) is 19.9 Å². The smallest absolute Gasteiger partial charge is 0.354 e. The Morgan fingerprint density at radius 2 is 2.10 bits per heavy atom. The van der Waals surface area contributed by atoms with Gasteiger partial charge in [-0.15, -0.1) is 0 Å². The van der Waals surface area contributed by atoms with Gasteiger partial charge in [0.1, 0.15) is 11.5 Å². The van der Waals surface area contributed by atoms with Crippen LogP contribution < -0.4 is 10.6 Å². The molecule has 1 atom stereocenters. The SMILES string of the molecule is CCOC(=O)C1=C(C)C(c2ccccc2F)NC(=O)N1. The number of carbonyl (C=O) groups excluding carboxylic acids is 2. The molecule has 2 N–H and O–H groups in total.